The van der Waals surface area contributed by atoms with Crippen LogP contribution in [0.3, 0.4) is 0 Å². The van der Waals surface area contributed by atoms with Crippen LogP contribution in [0.15, 0.2) is 28.8 Å². The molecule has 156 valence electrons. The summed E-state index contributed by atoms with van der Waals surface area (Å²) in [6.07, 6.45) is 0. The van der Waals surface area contributed by atoms with Crippen LogP contribution in [0.2, 0.25) is 0 Å². The van der Waals surface area contributed by atoms with Gasteiger partial charge in [-0.15, -0.1) is 0 Å². The number of piperazine rings is 1. The fourth-order valence-corrected chi connectivity index (χ4v) is 3.51. The number of hydrogen-bond donors (Lipinski definition) is 2. The van der Waals surface area contributed by atoms with Crippen molar-refractivity contribution < 1.29 is 14.1 Å². The summed E-state index contributed by atoms with van der Waals surface area (Å²) >= 11 is 0. The first kappa shape index (κ1) is 21.0. The van der Waals surface area contributed by atoms with Crippen LogP contribution in [0.4, 0.5) is 10.5 Å². The number of nitrogens with one attached hydrogen (secondary N) is 2. The number of aryl methyl sites for hydroxylation is 3. The topological polar surface area (TPSA) is 90.7 Å². The fourth-order valence-electron chi connectivity index (χ4n) is 3.51. The van der Waals surface area contributed by atoms with E-state index in [0.29, 0.717) is 12.2 Å². The van der Waals surface area contributed by atoms with Gasteiger partial charge in [-0.1, -0.05) is 22.9 Å². The maximum atomic E-state index is 12.5. The van der Waals surface area contributed by atoms with E-state index in [9.17, 15) is 9.59 Å². The molecule has 2 aromatic rings. The monoisotopic (exact) mass is 399 g/mol. The van der Waals surface area contributed by atoms with Crippen LogP contribution in [0.1, 0.15) is 29.5 Å². The number of hydrogen-bond acceptors (Lipinski definition) is 6. The van der Waals surface area contributed by atoms with E-state index in [2.05, 4.69) is 25.6 Å². The predicted molar refractivity (Wildman–Crippen MR) is 111 cm³/mol. The van der Waals surface area contributed by atoms with Crippen molar-refractivity contribution in [3.63, 3.8) is 0 Å². The second kappa shape index (κ2) is 9.19. The molecule has 8 heteroatoms. The number of imide groups is 1. The van der Waals surface area contributed by atoms with Gasteiger partial charge in [0.1, 0.15) is 0 Å². The average Bonchev–Trinajstić information content (AvgIpc) is 3.08. The molecule has 2 heterocycles. The van der Waals surface area contributed by atoms with Gasteiger partial charge in [0.05, 0.1) is 18.3 Å². The second-order valence-corrected chi connectivity index (χ2v) is 7.68. The van der Waals surface area contributed by atoms with Crippen LogP contribution >= 0.6 is 0 Å². The van der Waals surface area contributed by atoms with Crippen molar-refractivity contribution in [3.05, 3.63) is 46.8 Å². The molecular weight excluding hydrogens is 370 g/mol. The summed E-state index contributed by atoms with van der Waals surface area (Å²) in [5.74, 6) is 0.552. The van der Waals surface area contributed by atoms with Gasteiger partial charge in [-0.3, -0.25) is 19.9 Å². The number of aromatic nitrogens is 1. The van der Waals surface area contributed by atoms with E-state index in [1.54, 1.807) is 0 Å². The lowest BCUT2D eigenvalue weighted by Gasteiger charge is -2.36. The summed E-state index contributed by atoms with van der Waals surface area (Å²) in [5.41, 5.74) is 3.65. The molecule has 0 bridgehead atoms. The lowest BCUT2D eigenvalue weighted by molar-refractivity contribution is -0.125. The quantitative estimate of drug-likeness (QED) is 0.803. The minimum atomic E-state index is -0.506. The zero-order valence-electron chi connectivity index (χ0n) is 17.5. The SMILES string of the molecule is Cc1ccc(NC(=O)NC(=O)C(C)N2CCN(Cc3cc(C)no3)CC2)c(C)c1. The first-order valence-corrected chi connectivity index (χ1v) is 9.89. The molecule has 3 amide bonds. The van der Waals surface area contributed by atoms with E-state index in [4.69, 9.17) is 4.52 Å². The Hall–Kier alpha value is -2.71. The Labute approximate surface area is 171 Å². The maximum absolute atomic E-state index is 12.5. The third-order valence-electron chi connectivity index (χ3n) is 5.26. The summed E-state index contributed by atoms with van der Waals surface area (Å²) < 4.78 is 5.27. The lowest BCUT2D eigenvalue weighted by atomic mass is 10.1. The van der Waals surface area contributed by atoms with Gasteiger partial charge < -0.3 is 9.84 Å². The molecule has 1 saturated heterocycles. The van der Waals surface area contributed by atoms with E-state index >= 15 is 0 Å². The first-order chi connectivity index (χ1) is 13.8. The molecule has 1 aromatic heterocycles. The Balaban J connectivity index is 1.45. The Kier molecular flexibility index (Phi) is 6.66. The van der Waals surface area contributed by atoms with Crippen LogP contribution < -0.4 is 10.6 Å². The zero-order chi connectivity index (χ0) is 21.0. The molecule has 3 rings (SSSR count). The molecule has 1 aliphatic heterocycles. The minimum Gasteiger partial charge on any atom is -0.360 e. The van der Waals surface area contributed by atoms with Crippen molar-refractivity contribution in [1.29, 1.82) is 0 Å². The van der Waals surface area contributed by atoms with E-state index in [-0.39, 0.29) is 11.9 Å². The number of nitrogens with zero attached hydrogens (tertiary/aromatic N) is 3. The molecule has 1 aliphatic rings. The van der Waals surface area contributed by atoms with Crippen LogP contribution in [0.25, 0.3) is 0 Å². The third-order valence-corrected chi connectivity index (χ3v) is 5.26. The molecule has 29 heavy (non-hydrogen) atoms. The van der Waals surface area contributed by atoms with Gasteiger partial charge in [0.25, 0.3) is 0 Å². The van der Waals surface area contributed by atoms with E-state index in [0.717, 1.165) is 48.8 Å². The number of benzene rings is 1. The summed E-state index contributed by atoms with van der Waals surface area (Å²) in [6.45, 7) is 11.5. The van der Waals surface area contributed by atoms with Crippen LogP contribution in [0, 0.1) is 20.8 Å². The van der Waals surface area contributed by atoms with Crippen LogP contribution in [-0.4, -0.2) is 59.1 Å². The highest BCUT2D eigenvalue weighted by atomic mass is 16.5. The van der Waals surface area contributed by atoms with Crippen molar-refractivity contribution in [2.75, 3.05) is 31.5 Å². The molecule has 0 radical (unpaired) electrons. The van der Waals surface area contributed by atoms with Crippen molar-refractivity contribution in [1.82, 2.24) is 20.3 Å². The predicted octanol–water partition coefficient (Wildman–Crippen LogP) is 2.45. The second-order valence-electron chi connectivity index (χ2n) is 7.68. The highest BCUT2D eigenvalue weighted by Gasteiger charge is 2.27. The third kappa shape index (κ3) is 5.65. The number of anilines is 1. The van der Waals surface area contributed by atoms with Gasteiger partial charge in [-0.05, 0) is 39.3 Å². The summed E-state index contributed by atoms with van der Waals surface area (Å²) in [7, 11) is 0. The highest BCUT2D eigenvalue weighted by molar-refractivity contribution is 6.03. The van der Waals surface area contributed by atoms with Gasteiger partial charge in [0, 0.05) is 37.9 Å². The Bertz CT molecular complexity index is 871. The molecule has 1 aromatic carbocycles. The van der Waals surface area contributed by atoms with Crippen LogP contribution in [0.5, 0.6) is 0 Å². The van der Waals surface area contributed by atoms with Gasteiger partial charge in [0.2, 0.25) is 5.91 Å². The minimum absolute atomic E-state index is 0.299. The summed E-state index contributed by atoms with van der Waals surface area (Å²) in [4.78, 5) is 29.1. The van der Waals surface area contributed by atoms with E-state index in [1.807, 2.05) is 52.0 Å². The zero-order valence-corrected chi connectivity index (χ0v) is 17.5. The standard InChI is InChI=1S/C21H29N5O3/c1-14-5-6-19(15(2)11-14)22-21(28)23-20(27)17(4)26-9-7-25(8-10-26)13-18-12-16(3)24-29-18/h5-6,11-12,17H,7-10,13H2,1-4H3,(H2,22,23,27,28). The molecule has 8 nitrogen and oxygen atoms in total. The smallest absolute Gasteiger partial charge is 0.325 e. The highest BCUT2D eigenvalue weighted by Crippen LogP contribution is 2.16. The number of urea groups is 1. The molecule has 1 fully saturated rings. The maximum Gasteiger partial charge on any atom is 0.325 e. The summed E-state index contributed by atoms with van der Waals surface area (Å²) in [6, 6.07) is 6.80. The summed E-state index contributed by atoms with van der Waals surface area (Å²) in [5, 5.41) is 9.11. The van der Waals surface area contributed by atoms with Gasteiger partial charge >= 0.3 is 6.03 Å². The number of carbonyl (C=O) groups excluding carboxylic acids is 2. The Morgan fingerprint density at radius 3 is 2.48 bits per heavy atom. The largest absolute Gasteiger partial charge is 0.360 e. The molecular formula is C21H29N5O3. The fraction of sp³-hybridized carbons (Fsp3) is 0.476. The molecule has 2 N–H and O–H groups in total. The van der Waals surface area contributed by atoms with Crippen LogP contribution in [-0.2, 0) is 11.3 Å². The normalized spacial score (nSPS) is 16.4. The van der Waals surface area contributed by atoms with Crippen molar-refractivity contribution in [3.8, 4) is 0 Å². The molecule has 0 spiro atoms. The number of carbonyl (C=O) groups is 2. The number of rotatable bonds is 5. The van der Waals surface area contributed by atoms with Crippen molar-refractivity contribution in [2.24, 2.45) is 0 Å². The molecule has 0 aliphatic carbocycles. The molecule has 1 unspecified atom stereocenters. The Morgan fingerprint density at radius 2 is 1.86 bits per heavy atom. The first-order valence-electron chi connectivity index (χ1n) is 9.89. The van der Waals surface area contributed by atoms with Crippen molar-refractivity contribution in [2.45, 2.75) is 40.3 Å². The molecule has 0 saturated carbocycles. The van der Waals surface area contributed by atoms with Gasteiger partial charge in [-0.25, -0.2) is 4.79 Å². The van der Waals surface area contributed by atoms with E-state index < -0.39 is 6.03 Å². The van der Waals surface area contributed by atoms with Crippen molar-refractivity contribution >= 4 is 17.6 Å². The van der Waals surface area contributed by atoms with E-state index in [1.165, 1.54) is 0 Å². The van der Waals surface area contributed by atoms with Gasteiger partial charge in [0.15, 0.2) is 5.76 Å². The lowest BCUT2D eigenvalue weighted by Crippen LogP contribution is -2.54. The molecule has 1 atom stereocenters. The Morgan fingerprint density at radius 1 is 1.14 bits per heavy atom. The van der Waals surface area contributed by atoms with Gasteiger partial charge in [-0.2, -0.15) is 0 Å². The number of amides is 3. The average molecular weight is 399 g/mol.